The molecule has 3 aliphatic heterocycles. The highest BCUT2D eigenvalue weighted by atomic mass is 16.3. The molecule has 2 bridgehead atoms. The molecule has 0 amide bonds. The van der Waals surface area contributed by atoms with Gasteiger partial charge in [-0.05, 0) is 48.2 Å². The Balaban J connectivity index is 1.55. The van der Waals surface area contributed by atoms with Crippen molar-refractivity contribution in [3.05, 3.63) is 48.0 Å². The number of nitrogens with zero attached hydrogens (tertiary/aromatic N) is 1. The predicted octanol–water partition coefficient (Wildman–Crippen LogP) is 2.89. The lowest BCUT2D eigenvalue weighted by Crippen LogP contribution is -2.54. The van der Waals surface area contributed by atoms with Gasteiger partial charge in [0.05, 0.1) is 6.61 Å². The van der Waals surface area contributed by atoms with Gasteiger partial charge < -0.3 is 5.11 Å². The van der Waals surface area contributed by atoms with Gasteiger partial charge in [0, 0.05) is 24.1 Å². The Morgan fingerprint density at radius 1 is 1.14 bits per heavy atom. The number of hydrogen-bond acceptors (Lipinski definition) is 2. The SMILES string of the molecule is OC[C@@H]1CC2CCN1C[C@@H]2C#Cc1ccc2ccccc2c1. The Labute approximate surface area is 131 Å². The van der Waals surface area contributed by atoms with Crippen LogP contribution in [0.15, 0.2) is 42.5 Å². The summed E-state index contributed by atoms with van der Waals surface area (Å²) in [6.07, 6.45) is 2.33. The lowest BCUT2D eigenvalue weighted by Gasteiger charge is -2.47. The standard InChI is InChI=1S/C20H21NO/c22-14-20-12-18-9-10-21(20)13-19(18)8-6-15-5-7-16-3-1-2-4-17(16)11-15/h1-5,7,11,18-20,22H,9-10,12-14H2/t18?,19-,20-/m0/s1. The first-order valence-corrected chi connectivity index (χ1v) is 8.19. The molecule has 22 heavy (non-hydrogen) atoms. The molecule has 0 spiro atoms. The zero-order chi connectivity index (χ0) is 14.9. The van der Waals surface area contributed by atoms with E-state index in [4.69, 9.17) is 0 Å². The second-order valence-electron chi connectivity index (χ2n) is 6.55. The van der Waals surface area contributed by atoms with Crippen LogP contribution in [-0.4, -0.2) is 35.7 Å². The highest BCUT2D eigenvalue weighted by Crippen LogP contribution is 2.35. The van der Waals surface area contributed by atoms with Crippen molar-refractivity contribution in [2.24, 2.45) is 11.8 Å². The Bertz CT molecular complexity index is 742. The van der Waals surface area contributed by atoms with E-state index >= 15 is 0 Å². The van der Waals surface area contributed by atoms with Crippen LogP contribution in [0.1, 0.15) is 18.4 Å². The van der Waals surface area contributed by atoms with Gasteiger partial charge in [0.25, 0.3) is 0 Å². The third-order valence-corrected chi connectivity index (χ3v) is 5.24. The molecule has 1 N–H and O–H groups in total. The van der Waals surface area contributed by atoms with E-state index in [0.29, 0.717) is 24.5 Å². The molecule has 3 fully saturated rings. The maximum atomic E-state index is 9.43. The summed E-state index contributed by atoms with van der Waals surface area (Å²) in [7, 11) is 0. The van der Waals surface area contributed by atoms with Gasteiger partial charge in [-0.1, -0.05) is 42.2 Å². The van der Waals surface area contributed by atoms with Crippen LogP contribution in [0.5, 0.6) is 0 Å². The molecule has 0 saturated carbocycles. The number of piperidine rings is 3. The van der Waals surface area contributed by atoms with Gasteiger partial charge in [-0.2, -0.15) is 0 Å². The van der Waals surface area contributed by atoms with Gasteiger partial charge >= 0.3 is 0 Å². The third kappa shape index (κ3) is 2.52. The van der Waals surface area contributed by atoms with E-state index in [9.17, 15) is 5.11 Å². The topological polar surface area (TPSA) is 23.5 Å². The third-order valence-electron chi connectivity index (χ3n) is 5.24. The average Bonchev–Trinajstić information content (AvgIpc) is 2.60. The van der Waals surface area contributed by atoms with Gasteiger partial charge in [0.2, 0.25) is 0 Å². The zero-order valence-corrected chi connectivity index (χ0v) is 12.7. The minimum atomic E-state index is 0.293. The van der Waals surface area contributed by atoms with Gasteiger partial charge in [-0.25, -0.2) is 0 Å². The smallest absolute Gasteiger partial charge is 0.0586 e. The van der Waals surface area contributed by atoms with Crippen molar-refractivity contribution in [1.29, 1.82) is 0 Å². The van der Waals surface area contributed by atoms with Crippen LogP contribution >= 0.6 is 0 Å². The van der Waals surface area contributed by atoms with Crippen molar-refractivity contribution in [1.82, 2.24) is 4.90 Å². The van der Waals surface area contributed by atoms with Crippen LogP contribution in [0.4, 0.5) is 0 Å². The largest absolute Gasteiger partial charge is 0.395 e. The van der Waals surface area contributed by atoms with E-state index in [-0.39, 0.29) is 0 Å². The molecule has 2 heteroatoms. The van der Waals surface area contributed by atoms with Gasteiger partial charge in [0.15, 0.2) is 0 Å². The molecule has 3 aliphatic rings. The fourth-order valence-corrected chi connectivity index (χ4v) is 3.93. The molecule has 0 aliphatic carbocycles. The Morgan fingerprint density at radius 2 is 2.00 bits per heavy atom. The molecule has 112 valence electrons. The Hall–Kier alpha value is -1.82. The van der Waals surface area contributed by atoms with Crippen molar-refractivity contribution in [3.63, 3.8) is 0 Å². The Morgan fingerprint density at radius 3 is 2.77 bits per heavy atom. The second kappa shape index (κ2) is 5.76. The monoisotopic (exact) mass is 291 g/mol. The molecule has 2 aromatic rings. The highest BCUT2D eigenvalue weighted by molar-refractivity contribution is 5.83. The fraction of sp³-hybridized carbons (Fsp3) is 0.400. The number of benzene rings is 2. The summed E-state index contributed by atoms with van der Waals surface area (Å²) < 4.78 is 0. The predicted molar refractivity (Wildman–Crippen MR) is 89.5 cm³/mol. The van der Waals surface area contributed by atoms with Crippen molar-refractivity contribution < 1.29 is 5.11 Å². The van der Waals surface area contributed by atoms with Crippen molar-refractivity contribution in [2.45, 2.75) is 18.9 Å². The first-order chi connectivity index (χ1) is 10.8. The summed E-state index contributed by atoms with van der Waals surface area (Å²) >= 11 is 0. The van der Waals surface area contributed by atoms with E-state index in [2.05, 4.69) is 59.2 Å². The minimum absolute atomic E-state index is 0.293. The summed E-state index contributed by atoms with van der Waals surface area (Å²) in [5.74, 6) is 8.01. The highest BCUT2D eigenvalue weighted by Gasteiger charge is 2.38. The molecule has 4 atom stereocenters. The number of aliphatic hydroxyl groups excluding tert-OH is 1. The van der Waals surface area contributed by atoms with Gasteiger partial charge in [-0.3, -0.25) is 4.90 Å². The average molecular weight is 291 g/mol. The summed E-state index contributed by atoms with van der Waals surface area (Å²) in [5, 5.41) is 11.9. The normalized spacial score (nSPS) is 30.0. The van der Waals surface area contributed by atoms with E-state index in [1.54, 1.807) is 0 Å². The number of fused-ring (bicyclic) bond motifs is 4. The van der Waals surface area contributed by atoms with E-state index in [1.165, 1.54) is 17.2 Å². The van der Waals surface area contributed by atoms with Crippen molar-refractivity contribution in [2.75, 3.05) is 19.7 Å². The van der Waals surface area contributed by atoms with Crippen molar-refractivity contribution >= 4 is 10.8 Å². The number of hydrogen-bond donors (Lipinski definition) is 1. The summed E-state index contributed by atoms with van der Waals surface area (Å²) in [4.78, 5) is 2.42. The van der Waals surface area contributed by atoms with E-state index < -0.39 is 0 Å². The molecule has 2 nitrogen and oxygen atoms in total. The first-order valence-electron chi connectivity index (χ1n) is 8.19. The lowest BCUT2D eigenvalue weighted by atomic mass is 9.76. The summed E-state index contributed by atoms with van der Waals surface area (Å²) in [5.41, 5.74) is 1.11. The maximum Gasteiger partial charge on any atom is 0.0586 e. The lowest BCUT2D eigenvalue weighted by molar-refractivity contribution is -0.00370. The zero-order valence-electron chi connectivity index (χ0n) is 12.7. The molecule has 3 heterocycles. The van der Waals surface area contributed by atoms with Crippen LogP contribution in [0, 0.1) is 23.7 Å². The molecule has 0 radical (unpaired) electrons. The molecule has 5 rings (SSSR count). The van der Waals surface area contributed by atoms with Crippen LogP contribution in [0.25, 0.3) is 10.8 Å². The van der Waals surface area contributed by atoms with Gasteiger partial charge in [-0.15, -0.1) is 0 Å². The fourth-order valence-electron chi connectivity index (χ4n) is 3.93. The van der Waals surface area contributed by atoms with E-state index in [1.807, 2.05) is 0 Å². The Kier molecular flexibility index (Phi) is 3.62. The summed E-state index contributed by atoms with van der Waals surface area (Å²) in [6.45, 7) is 2.45. The minimum Gasteiger partial charge on any atom is -0.395 e. The molecular weight excluding hydrogens is 270 g/mol. The second-order valence-corrected chi connectivity index (χ2v) is 6.55. The van der Waals surface area contributed by atoms with Crippen LogP contribution < -0.4 is 0 Å². The van der Waals surface area contributed by atoms with E-state index in [0.717, 1.165) is 25.1 Å². The van der Waals surface area contributed by atoms with Crippen molar-refractivity contribution in [3.8, 4) is 11.8 Å². The molecular formula is C20H21NO. The molecule has 0 aromatic heterocycles. The maximum absolute atomic E-state index is 9.43. The number of aliphatic hydroxyl groups is 1. The molecule has 3 saturated heterocycles. The first kappa shape index (κ1) is 13.8. The quantitative estimate of drug-likeness (QED) is 0.817. The molecule has 2 aromatic carbocycles. The van der Waals surface area contributed by atoms with Crippen LogP contribution in [-0.2, 0) is 0 Å². The van der Waals surface area contributed by atoms with Gasteiger partial charge in [0.1, 0.15) is 0 Å². The number of rotatable bonds is 1. The summed E-state index contributed by atoms with van der Waals surface area (Å²) in [6, 6.07) is 15.2. The molecule has 2 unspecified atom stereocenters. The van der Waals surface area contributed by atoms with Crippen LogP contribution in [0.3, 0.4) is 0 Å². The van der Waals surface area contributed by atoms with Crippen LogP contribution in [0.2, 0.25) is 0 Å².